The number of nitrogens with zero attached hydrogens (tertiary/aromatic N) is 1. The number of carbonyl (C=O) groups is 2. The molecule has 2 fully saturated rings. The highest BCUT2D eigenvalue weighted by atomic mass is 16.6. The van der Waals surface area contributed by atoms with Gasteiger partial charge in [-0.3, -0.25) is 4.79 Å². The average molecular weight is 303 g/mol. The SMILES string of the molecule is CCOC(=O)C1(C2CN(C(=O)OCc3ccccc3)C2)CC1. The number of esters is 1. The van der Waals surface area contributed by atoms with E-state index in [2.05, 4.69) is 0 Å². The zero-order valence-corrected chi connectivity index (χ0v) is 12.8. The van der Waals surface area contributed by atoms with E-state index in [-0.39, 0.29) is 30.0 Å². The minimum Gasteiger partial charge on any atom is -0.466 e. The van der Waals surface area contributed by atoms with Crippen LogP contribution in [0.4, 0.5) is 4.79 Å². The molecule has 1 heterocycles. The van der Waals surface area contributed by atoms with Crippen molar-refractivity contribution in [3.63, 3.8) is 0 Å². The molecule has 1 aromatic rings. The van der Waals surface area contributed by atoms with Gasteiger partial charge in [-0.25, -0.2) is 4.79 Å². The molecule has 0 atom stereocenters. The fourth-order valence-electron chi connectivity index (χ4n) is 2.98. The molecule has 5 heteroatoms. The maximum atomic E-state index is 12.0. The van der Waals surface area contributed by atoms with E-state index in [1.54, 1.807) is 4.90 Å². The van der Waals surface area contributed by atoms with Gasteiger partial charge in [0.2, 0.25) is 0 Å². The Labute approximate surface area is 130 Å². The zero-order valence-electron chi connectivity index (χ0n) is 12.8. The third-order valence-electron chi connectivity index (χ3n) is 4.60. The Balaban J connectivity index is 1.45. The molecule has 3 rings (SSSR count). The van der Waals surface area contributed by atoms with Crippen LogP contribution in [0.15, 0.2) is 30.3 Å². The summed E-state index contributed by atoms with van der Waals surface area (Å²) < 4.78 is 10.4. The third-order valence-corrected chi connectivity index (χ3v) is 4.60. The van der Waals surface area contributed by atoms with E-state index in [1.165, 1.54) is 0 Å². The summed E-state index contributed by atoms with van der Waals surface area (Å²) in [6.07, 6.45) is 1.45. The van der Waals surface area contributed by atoms with Crippen LogP contribution in [0.25, 0.3) is 0 Å². The highest BCUT2D eigenvalue weighted by Crippen LogP contribution is 2.55. The van der Waals surface area contributed by atoms with E-state index < -0.39 is 0 Å². The molecular formula is C17H21NO4. The minimum atomic E-state index is -0.327. The Bertz CT molecular complexity index is 547. The average Bonchev–Trinajstić information content (AvgIpc) is 3.26. The van der Waals surface area contributed by atoms with Gasteiger partial charge in [-0.1, -0.05) is 30.3 Å². The molecule has 1 aliphatic carbocycles. The minimum absolute atomic E-state index is 0.0997. The number of benzene rings is 1. The largest absolute Gasteiger partial charge is 0.466 e. The Morgan fingerprint density at radius 1 is 1.18 bits per heavy atom. The molecule has 5 nitrogen and oxygen atoms in total. The molecule has 0 aromatic heterocycles. The standard InChI is InChI=1S/C17H21NO4/c1-2-21-15(19)17(8-9-17)14-10-18(11-14)16(20)22-12-13-6-4-3-5-7-13/h3-7,14H,2,8-12H2,1H3. The van der Waals surface area contributed by atoms with Gasteiger partial charge in [-0.15, -0.1) is 0 Å². The van der Waals surface area contributed by atoms with Gasteiger partial charge in [-0.2, -0.15) is 0 Å². The summed E-state index contributed by atoms with van der Waals surface area (Å²) in [5.41, 5.74) is 0.643. The molecule has 0 radical (unpaired) electrons. The lowest BCUT2D eigenvalue weighted by Gasteiger charge is -2.42. The van der Waals surface area contributed by atoms with Crippen LogP contribution >= 0.6 is 0 Å². The van der Waals surface area contributed by atoms with E-state index in [0.29, 0.717) is 19.7 Å². The molecule has 1 saturated carbocycles. The van der Waals surface area contributed by atoms with Gasteiger partial charge in [0, 0.05) is 19.0 Å². The summed E-state index contributed by atoms with van der Waals surface area (Å²) >= 11 is 0. The van der Waals surface area contributed by atoms with E-state index in [1.807, 2.05) is 37.3 Å². The van der Waals surface area contributed by atoms with Crippen molar-refractivity contribution >= 4 is 12.1 Å². The molecule has 1 saturated heterocycles. The Morgan fingerprint density at radius 2 is 1.86 bits per heavy atom. The first-order valence-electron chi connectivity index (χ1n) is 7.78. The van der Waals surface area contributed by atoms with Crippen molar-refractivity contribution < 1.29 is 19.1 Å². The van der Waals surface area contributed by atoms with Gasteiger partial charge in [-0.05, 0) is 25.3 Å². The van der Waals surface area contributed by atoms with Crippen LogP contribution in [0.2, 0.25) is 0 Å². The summed E-state index contributed by atoms with van der Waals surface area (Å²) in [6.45, 7) is 3.70. The predicted molar refractivity (Wildman–Crippen MR) is 80.0 cm³/mol. The van der Waals surface area contributed by atoms with Gasteiger partial charge in [0.15, 0.2) is 0 Å². The lowest BCUT2D eigenvalue weighted by molar-refractivity contribution is -0.154. The molecule has 0 unspecified atom stereocenters. The van der Waals surface area contributed by atoms with Crippen LogP contribution in [0, 0.1) is 11.3 Å². The smallest absolute Gasteiger partial charge is 0.410 e. The second kappa shape index (κ2) is 5.99. The number of hydrogen-bond acceptors (Lipinski definition) is 4. The van der Waals surface area contributed by atoms with Gasteiger partial charge in [0.05, 0.1) is 12.0 Å². The van der Waals surface area contributed by atoms with Crippen molar-refractivity contribution in [1.82, 2.24) is 4.90 Å². The number of amides is 1. The van der Waals surface area contributed by atoms with Gasteiger partial charge < -0.3 is 14.4 Å². The second-order valence-corrected chi connectivity index (χ2v) is 6.02. The summed E-state index contributed by atoms with van der Waals surface area (Å²) in [6, 6.07) is 9.60. The van der Waals surface area contributed by atoms with E-state index in [9.17, 15) is 9.59 Å². The molecule has 22 heavy (non-hydrogen) atoms. The van der Waals surface area contributed by atoms with Crippen molar-refractivity contribution in [1.29, 1.82) is 0 Å². The van der Waals surface area contributed by atoms with Crippen LogP contribution in [-0.4, -0.2) is 36.7 Å². The molecule has 0 bridgehead atoms. The topological polar surface area (TPSA) is 55.8 Å². The highest BCUT2D eigenvalue weighted by molar-refractivity contribution is 5.81. The monoisotopic (exact) mass is 303 g/mol. The number of rotatable bonds is 5. The molecule has 1 aromatic carbocycles. The molecule has 2 aliphatic rings. The van der Waals surface area contributed by atoms with Crippen molar-refractivity contribution in [2.45, 2.75) is 26.4 Å². The van der Waals surface area contributed by atoms with Crippen molar-refractivity contribution in [2.24, 2.45) is 11.3 Å². The summed E-state index contributed by atoms with van der Waals surface area (Å²) in [5.74, 6) is 0.119. The first-order valence-corrected chi connectivity index (χ1v) is 7.78. The van der Waals surface area contributed by atoms with Crippen LogP contribution in [-0.2, 0) is 20.9 Å². The molecule has 1 amide bonds. The molecule has 118 valence electrons. The Hall–Kier alpha value is -2.04. The van der Waals surface area contributed by atoms with Crippen LogP contribution < -0.4 is 0 Å². The summed E-state index contributed by atoms with van der Waals surface area (Å²) in [5, 5.41) is 0. The third kappa shape index (κ3) is 2.80. The zero-order chi connectivity index (χ0) is 15.6. The number of hydrogen-bond donors (Lipinski definition) is 0. The quantitative estimate of drug-likeness (QED) is 0.785. The summed E-state index contributed by atoms with van der Waals surface area (Å²) in [7, 11) is 0. The van der Waals surface area contributed by atoms with Gasteiger partial charge in [0.1, 0.15) is 6.61 Å². The van der Waals surface area contributed by atoms with E-state index in [0.717, 1.165) is 18.4 Å². The normalized spacial score (nSPS) is 19.2. The van der Waals surface area contributed by atoms with E-state index in [4.69, 9.17) is 9.47 Å². The first kappa shape index (κ1) is 14.9. The molecular weight excluding hydrogens is 282 g/mol. The number of ether oxygens (including phenoxy) is 2. The number of carbonyl (C=O) groups excluding carboxylic acids is 2. The predicted octanol–water partition coefficient (Wildman–Crippen LogP) is 2.60. The van der Waals surface area contributed by atoms with Crippen molar-refractivity contribution in [3.05, 3.63) is 35.9 Å². The van der Waals surface area contributed by atoms with Crippen molar-refractivity contribution in [2.75, 3.05) is 19.7 Å². The lowest BCUT2D eigenvalue weighted by Crippen LogP contribution is -2.55. The fourth-order valence-corrected chi connectivity index (χ4v) is 2.98. The van der Waals surface area contributed by atoms with Crippen LogP contribution in [0.3, 0.4) is 0 Å². The fraction of sp³-hybridized carbons (Fsp3) is 0.529. The van der Waals surface area contributed by atoms with Crippen LogP contribution in [0.5, 0.6) is 0 Å². The van der Waals surface area contributed by atoms with Crippen molar-refractivity contribution in [3.8, 4) is 0 Å². The molecule has 0 spiro atoms. The Morgan fingerprint density at radius 3 is 2.45 bits per heavy atom. The highest BCUT2D eigenvalue weighted by Gasteiger charge is 2.60. The maximum Gasteiger partial charge on any atom is 0.410 e. The van der Waals surface area contributed by atoms with Crippen LogP contribution in [0.1, 0.15) is 25.3 Å². The second-order valence-electron chi connectivity index (χ2n) is 6.02. The van der Waals surface area contributed by atoms with Gasteiger partial charge >= 0.3 is 12.1 Å². The molecule has 1 aliphatic heterocycles. The first-order chi connectivity index (χ1) is 10.7. The van der Waals surface area contributed by atoms with E-state index >= 15 is 0 Å². The summed E-state index contributed by atoms with van der Waals surface area (Å²) in [4.78, 5) is 25.6. The lowest BCUT2D eigenvalue weighted by atomic mass is 9.83. The maximum absolute atomic E-state index is 12.0. The molecule has 0 N–H and O–H groups in total. The number of likely N-dealkylation sites (tertiary alicyclic amines) is 1. The van der Waals surface area contributed by atoms with Gasteiger partial charge in [0.25, 0.3) is 0 Å². The Kier molecular flexibility index (Phi) is 4.05.